The number of thiophene rings is 1. The second-order valence-electron chi connectivity index (χ2n) is 14.4. The van der Waals surface area contributed by atoms with Gasteiger partial charge in [-0.15, -0.1) is 11.3 Å². The van der Waals surface area contributed by atoms with Crippen LogP contribution in [0.4, 0.5) is 0 Å². The lowest BCUT2D eigenvalue weighted by Gasteiger charge is -2.13. The number of nitrogens with zero attached hydrogens (tertiary/aromatic N) is 3. The first kappa shape index (κ1) is 31.2. The van der Waals surface area contributed by atoms with Gasteiger partial charge in [0.2, 0.25) is 0 Å². The largest absolute Gasteiger partial charge is 0.456 e. The highest BCUT2D eigenvalue weighted by molar-refractivity contribution is 7.25. The van der Waals surface area contributed by atoms with Crippen molar-refractivity contribution in [3.05, 3.63) is 176 Å². The number of aromatic nitrogens is 3. The molecule has 56 heavy (non-hydrogen) atoms. The average molecular weight is 732 g/mol. The summed E-state index contributed by atoms with van der Waals surface area (Å²) < 4.78 is 9.28. The van der Waals surface area contributed by atoms with E-state index in [1.807, 2.05) is 29.5 Å². The van der Waals surface area contributed by atoms with Crippen LogP contribution in [0.15, 0.2) is 180 Å². The van der Waals surface area contributed by atoms with Gasteiger partial charge in [0.25, 0.3) is 0 Å². The zero-order valence-corrected chi connectivity index (χ0v) is 30.7. The SMILES string of the molecule is c1ccc(-c2nc(-c3cccc4ccccc34)nc(-c3c4ccccc4cc4oc5ccc(-c6ccc7sc8cc9ccccc9cc8c7c6)cc5c34)n2)cc1. The van der Waals surface area contributed by atoms with E-state index in [2.05, 4.69) is 158 Å². The quantitative estimate of drug-likeness (QED) is 0.181. The zero-order chi connectivity index (χ0) is 36.7. The topological polar surface area (TPSA) is 51.8 Å². The Balaban J connectivity index is 1.12. The molecule has 0 aliphatic rings. The van der Waals surface area contributed by atoms with Crippen LogP contribution < -0.4 is 0 Å². The summed E-state index contributed by atoms with van der Waals surface area (Å²) in [6.07, 6.45) is 0. The minimum atomic E-state index is 0.607. The lowest BCUT2D eigenvalue weighted by Crippen LogP contribution is -2.01. The zero-order valence-electron chi connectivity index (χ0n) is 29.9. The number of fused-ring (bicyclic) bond motifs is 9. The van der Waals surface area contributed by atoms with Crippen molar-refractivity contribution in [2.45, 2.75) is 0 Å². The molecule has 0 aliphatic carbocycles. The van der Waals surface area contributed by atoms with Crippen LogP contribution in [-0.2, 0) is 0 Å². The fourth-order valence-electron chi connectivity index (χ4n) is 8.40. The van der Waals surface area contributed by atoms with Crippen LogP contribution in [0, 0.1) is 0 Å². The minimum Gasteiger partial charge on any atom is -0.456 e. The third-order valence-corrected chi connectivity index (χ3v) is 12.2. The Labute approximate surface area is 325 Å². The highest BCUT2D eigenvalue weighted by Gasteiger charge is 2.22. The molecule has 5 heteroatoms. The number of hydrogen-bond donors (Lipinski definition) is 0. The molecule has 0 amide bonds. The van der Waals surface area contributed by atoms with Gasteiger partial charge in [-0.1, -0.05) is 133 Å². The molecular formula is C51H29N3OS. The maximum atomic E-state index is 6.69. The molecule has 0 unspecified atom stereocenters. The van der Waals surface area contributed by atoms with E-state index in [9.17, 15) is 0 Å². The van der Waals surface area contributed by atoms with Crippen LogP contribution >= 0.6 is 11.3 Å². The fraction of sp³-hybridized carbons (Fsp3) is 0. The van der Waals surface area contributed by atoms with Crippen molar-refractivity contribution >= 4 is 85.8 Å². The normalized spacial score (nSPS) is 11.9. The van der Waals surface area contributed by atoms with Gasteiger partial charge >= 0.3 is 0 Å². The van der Waals surface area contributed by atoms with E-state index in [0.29, 0.717) is 17.5 Å². The van der Waals surface area contributed by atoms with Crippen molar-refractivity contribution in [1.29, 1.82) is 0 Å². The molecule has 0 bridgehead atoms. The molecule has 12 rings (SSSR count). The summed E-state index contributed by atoms with van der Waals surface area (Å²) >= 11 is 1.85. The summed E-state index contributed by atoms with van der Waals surface area (Å²) in [7, 11) is 0. The molecule has 4 nitrogen and oxygen atoms in total. The van der Waals surface area contributed by atoms with Gasteiger partial charge < -0.3 is 4.42 Å². The number of benzene rings is 9. The second-order valence-corrected chi connectivity index (χ2v) is 15.5. The molecule has 3 heterocycles. The first-order valence-corrected chi connectivity index (χ1v) is 19.6. The van der Waals surface area contributed by atoms with Crippen molar-refractivity contribution < 1.29 is 4.42 Å². The second kappa shape index (κ2) is 12.2. The van der Waals surface area contributed by atoms with Gasteiger partial charge in [-0.2, -0.15) is 0 Å². The third kappa shape index (κ3) is 4.88. The van der Waals surface area contributed by atoms with Gasteiger partial charge in [0.1, 0.15) is 11.2 Å². The maximum Gasteiger partial charge on any atom is 0.165 e. The Hall–Kier alpha value is -7.21. The molecule has 0 N–H and O–H groups in total. The minimum absolute atomic E-state index is 0.607. The Morgan fingerprint density at radius 2 is 1.00 bits per heavy atom. The van der Waals surface area contributed by atoms with Gasteiger partial charge in [0.15, 0.2) is 17.5 Å². The van der Waals surface area contributed by atoms with Crippen LogP contribution in [0.5, 0.6) is 0 Å². The van der Waals surface area contributed by atoms with Crippen molar-refractivity contribution in [2.24, 2.45) is 0 Å². The van der Waals surface area contributed by atoms with E-state index in [0.717, 1.165) is 71.3 Å². The standard InChI is InChI=1S/C51H29N3OS/c1-2-12-31(13-3-1)49-52-50(39-20-10-17-30-11-6-8-18-37(30)39)54-51(53-49)48-38-19-9-7-16-36(38)28-44-47(48)42-27-34(21-23-43(42)55-44)35-22-24-45-40(26-35)41-25-32-14-4-5-15-33(32)29-46(41)56-45/h1-29H. The van der Waals surface area contributed by atoms with Gasteiger partial charge in [-0.25, -0.2) is 15.0 Å². The van der Waals surface area contributed by atoms with Crippen molar-refractivity contribution in [1.82, 2.24) is 15.0 Å². The van der Waals surface area contributed by atoms with E-state index in [4.69, 9.17) is 19.4 Å². The van der Waals surface area contributed by atoms with E-state index < -0.39 is 0 Å². The molecule has 0 atom stereocenters. The molecule has 9 aromatic carbocycles. The van der Waals surface area contributed by atoms with Crippen LogP contribution in [0.2, 0.25) is 0 Å². The highest BCUT2D eigenvalue weighted by Crippen LogP contribution is 2.44. The highest BCUT2D eigenvalue weighted by atomic mass is 32.1. The van der Waals surface area contributed by atoms with Crippen LogP contribution in [0.25, 0.3) is 120 Å². The summed E-state index contributed by atoms with van der Waals surface area (Å²) in [5, 5.41) is 11.4. The van der Waals surface area contributed by atoms with E-state index >= 15 is 0 Å². The summed E-state index contributed by atoms with van der Waals surface area (Å²) in [6, 6.07) is 62.1. The first-order chi connectivity index (χ1) is 27.7. The fourth-order valence-corrected chi connectivity index (χ4v) is 9.52. The molecular weight excluding hydrogens is 703 g/mol. The van der Waals surface area contributed by atoms with E-state index in [-0.39, 0.29) is 0 Å². The van der Waals surface area contributed by atoms with Crippen molar-refractivity contribution in [2.75, 3.05) is 0 Å². The lowest BCUT2D eigenvalue weighted by atomic mass is 9.95. The van der Waals surface area contributed by atoms with Crippen LogP contribution in [-0.4, -0.2) is 15.0 Å². The predicted octanol–water partition coefficient (Wildman–Crippen LogP) is 14.3. The predicted molar refractivity (Wildman–Crippen MR) is 234 cm³/mol. The van der Waals surface area contributed by atoms with Crippen LogP contribution in [0.3, 0.4) is 0 Å². The Kier molecular flexibility index (Phi) is 6.76. The number of furan rings is 1. The third-order valence-electron chi connectivity index (χ3n) is 11.1. The van der Waals surface area contributed by atoms with Gasteiger partial charge in [-0.05, 0) is 85.9 Å². The van der Waals surface area contributed by atoms with Gasteiger partial charge in [0, 0.05) is 47.6 Å². The van der Waals surface area contributed by atoms with E-state index in [1.165, 1.54) is 30.9 Å². The first-order valence-electron chi connectivity index (χ1n) is 18.8. The van der Waals surface area contributed by atoms with Gasteiger partial charge in [-0.3, -0.25) is 0 Å². The molecule has 0 spiro atoms. The summed E-state index contributed by atoms with van der Waals surface area (Å²) in [5.41, 5.74) is 6.72. The maximum absolute atomic E-state index is 6.69. The number of rotatable bonds is 4. The molecule has 0 saturated heterocycles. The molecule has 3 aromatic heterocycles. The average Bonchev–Trinajstić information content (AvgIpc) is 3.81. The number of hydrogen-bond acceptors (Lipinski definition) is 5. The van der Waals surface area contributed by atoms with E-state index in [1.54, 1.807) is 0 Å². The molecule has 260 valence electrons. The smallest absolute Gasteiger partial charge is 0.165 e. The molecule has 0 radical (unpaired) electrons. The molecule has 0 aliphatic heterocycles. The van der Waals surface area contributed by atoms with Crippen molar-refractivity contribution in [3.63, 3.8) is 0 Å². The lowest BCUT2D eigenvalue weighted by molar-refractivity contribution is 0.669. The Morgan fingerprint density at radius 3 is 1.86 bits per heavy atom. The van der Waals surface area contributed by atoms with Crippen molar-refractivity contribution in [3.8, 4) is 45.3 Å². The summed E-state index contributed by atoms with van der Waals surface area (Å²) in [5.74, 6) is 1.86. The molecule has 0 saturated carbocycles. The van der Waals surface area contributed by atoms with Gasteiger partial charge in [0.05, 0.1) is 0 Å². The summed E-state index contributed by atoms with van der Waals surface area (Å²) in [4.78, 5) is 15.7. The Morgan fingerprint density at radius 1 is 0.357 bits per heavy atom. The molecule has 0 fully saturated rings. The molecule has 12 aromatic rings. The Bertz CT molecular complexity index is 3540. The monoisotopic (exact) mass is 731 g/mol. The van der Waals surface area contributed by atoms with Crippen LogP contribution in [0.1, 0.15) is 0 Å². The summed E-state index contributed by atoms with van der Waals surface area (Å²) in [6.45, 7) is 0.